The van der Waals surface area contributed by atoms with E-state index in [4.69, 9.17) is 9.26 Å². The summed E-state index contributed by atoms with van der Waals surface area (Å²) in [5, 5.41) is 3.78. The van der Waals surface area contributed by atoms with Crippen LogP contribution in [0.5, 0.6) is 0 Å². The molecule has 98 valence electrons. The van der Waals surface area contributed by atoms with Gasteiger partial charge in [-0.2, -0.15) is 4.98 Å². The van der Waals surface area contributed by atoms with Gasteiger partial charge in [-0.05, 0) is 7.05 Å². The monoisotopic (exact) mass is 251 g/mol. The smallest absolute Gasteiger partial charge is 0.213 e. The number of rotatable bonds is 7. The van der Waals surface area contributed by atoms with Gasteiger partial charge in [0.25, 0.3) is 0 Å². The summed E-state index contributed by atoms with van der Waals surface area (Å²) in [7, 11) is 3.69. The highest BCUT2D eigenvalue weighted by Gasteiger charge is 2.09. The summed E-state index contributed by atoms with van der Waals surface area (Å²) >= 11 is 0. The third-order valence-corrected chi connectivity index (χ3v) is 2.57. The van der Waals surface area contributed by atoms with Crippen LogP contribution in [0, 0.1) is 0 Å². The zero-order chi connectivity index (χ0) is 12.8. The molecule has 0 aromatic carbocycles. The van der Waals surface area contributed by atoms with Crippen LogP contribution >= 0.6 is 0 Å². The Bertz CT molecular complexity index is 454. The number of hydrogen-bond donors (Lipinski definition) is 0. The molecule has 18 heavy (non-hydrogen) atoms. The summed E-state index contributed by atoms with van der Waals surface area (Å²) in [6.07, 6.45) is 5.09. The number of hydrogen-bond acceptors (Lipinski definition) is 6. The molecule has 0 aliphatic heterocycles. The third-order valence-electron chi connectivity index (χ3n) is 2.57. The maximum atomic E-state index is 5.07. The van der Waals surface area contributed by atoms with Crippen LogP contribution in [-0.2, 0) is 24.4 Å². The third kappa shape index (κ3) is 3.38. The van der Waals surface area contributed by atoms with Gasteiger partial charge in [0.2, 0.25) is 6.39 Å². The highest BCUT2D eigenvalue weighted by Crippen LogP contribution is 2.04. The van der Waals surface area contributed by atoms with E-state index in [2.05, 4.69) is 24.6 Å². The Kier molecular flexibility index (Phi) is 4.43. The summed E-state index contributed by atoms with van der Waals surface area (Å²) < 4.78 is 11.8. The topological polar surface area (TPSA) is 69.2 Å². The number of aromatic nitrogens is 4. The summed E-state index contributed by atoms with van der Waals surface area (Å²) in [5.41, 5.74) is 0. The van der Waals surface area contributed by atoms with Gasteiger partial charge in [0, 0.05) is 26.0 Å². The van der Waals surface area contributed by atoms with Crippen LogP contribution in [0.15, 0.2) is 23.3 Å². The number of nitrogens with zero attached hydrogens (tertiary/aromatic N) is 5. The molecule has 0 aliphatic carbocycles. The van der Waals surface area contributed by atoms with E-state index in [0.717, 1.165) is 18.9 Å². The first-order chi connectivity index (χ1) is 8.79. The fourth-order valence-electron chi connectivity index (χ4n) is 1.69. The second-order valence-corrected chi connectivity index (χ2v) is 4.05. The van der Waals surface area contributed by atoms with Crippen LogP contribution in [0.4, 0.5) is 0 Å². The van der Waals surface area contributed by atoms with E-state index in [0.29, 0.717) is 19.0 Å². The Morgan fingerprint density at radius 1 is 1.39 bits per heavy atom. The molecule has 2 heterocycles. The number of ether oxygens (including phenoxy) is 1. The van der Waals surface area contributed by atoms with Gasteiger partial charge in [0.15, 0.2) is 5.82 Å². The van der Waals surface area contributed by atoms with E-state index in [1.54, 1.807) is 13.3 Å². The highest BCUT2D eigenvalue weighted by molar-refractivity contribution is 4.92. The molecule has 7 nitrogen and oxygen atoms in total. The fourth-order valence-corrected chi connectivity index (χ4v) is 1.69. The molecule has 0 unspecified atom stereocenters. The molecule has 0 N–H and O–H groups in total. The Morgan fingerprint density at radius 3 is 3.00 bits per heavy atom. The minimum absolute atomic E-state index is 0.633. The van der Waals surface area contributed by atoms with Crippen molar-refractivity contribution in [3.63, 3.8) is 0 Å². The molecule has 0 spiro atoms. The molecule has 0 amide bonds. The fraction of sp³-hybridized carbons (Fsp3) is 0.545. The summed E-state index contributed by atoms with van der Waals surface area (Å²) in [5.74, 6) is 1.67. The lowest BCUT2D eigenvalue weighted by atomic mass is 10.4. The summed E-state index contributed by atoms with van der Waals surface area (Å²) in [6, 6.07) is 0. The van der Waals surface area contributed by atoms with Crippen molar-refractivity contribution >= 4 is 0 Å². The van der Waals surface area contributed by atoms with Gasteiger partial charge in [-0.25, -0.2) is 4.98 Å². The Balaban J connectivity index is 1.90. The molecule has 0 saturated carbocycles. The molecule has 0 bridgehead atoms. The molecule has 0 radical (unpaired) electrons. The molecule has 7 heteroatoms. The Morgan fingerprint density at radius 2 is 2.28 bits per heavy atom. The van der Waals surface area contributed by atoms with Crippen LogP contribution < -0.4 is 0 Å². The predicted octanol–water partition coefficient (Wildman–Crippen LogP) is 0.544. The largest absolute Gasteiger partial charge is 0.383 e. The van der Waals surface area contributed by atoms with E-state index < -0.39 is 0 Å². The van der Waals surface area contributed by atoms with Crippen molar-refractivity contribution in [3.8, 4) is 0 Å². The number of imidazole rings is 1. The van der Waals surface area contributed by atoms with Gasteiger partial charge in [0.1, 0.15) is 5.82 Å². The van der Waals surface area contributed by atoms with Crippen molar-refractivity contribution < 1.29 is 9.26 Å². The van der Waals surface area contributed by atoms with Crippen molar-refractivity contribution in [1.82, 2.24) is 24.6 Å². The van der Waals surface area contributed by atoms with Gasteiger partial charge in [0.05, 0.1) is 19.7 Å². The van der Waals surface area contributed by atoms with Crippen molar-refractivity contribution in [2.75, 3.05) is 20.8 Å². The number of methoxy groups -OCH3 is 1. The van der Waals surface area contributed by atoms with Gasteiger partial charge in [-0.15, -0.1) is 0 Å². The van der Waals surface area contributed by atoms with E-state index in [-0.39, 0.29) is 0 Å². The zero-order valence-electron chi connectivity index (χ0n) is 10.6. The SMILES string of the molecule is COCCn1ccnc1CN(C)Cc1ncon1. The first-order valence-corrected chi connectivity index (χ1v) is 5.72. The molecule has 0 atom stereocenters. The minimum atomic E-state index is 0.633. The lowest BCUT2D eigenvalue weighted by molar-refractivity contribution is 0.184. The highest BCUT2D eigenvalue weighted by atomic mass is 16.5. The van der Waals surface area contributed by atoms with Crippen LogP contribution in [0.2, 0.25) is 0 Å². The Hall–Kier alpha value is -1.73. The van der Waals surface area contributed by atoms with E-state index >= 15 is 0 Å². The lowest BCUT2D eigenvalue weighted by Gasteiger charge is -2.15. The maximum Gasteiger partial charge on any atom is 0.213 e. The first-order valence-electron chi connectivity index (χ1n) is 5.72. The van der Waals surface area contributed by atoms with Crippen LogP contribution in [0.1, 0.15) is 11.6 Å². The average molecular weight is 251 g/mol. The van der Waals surface area contributed by atoms with E-state index in [9.17, 15) is 0 Å². The molecular weight excluding hydrogens is 234 g/mol. The predicted molar refractivity (Wildman–Crippen MR) is 63.6 cm³/mol. The second kappa shape index (κ2) is 6.27. The summed E-state index contributed by atoms with van der Waals surface area (Å²) in [6.45, 7) is 2.85. The molecule has 2 aromatic rings. The van der Waals surface area contributed by atoms with Gasteiger partial charge < -0.3 is 13.8 Å². The normalized spacial score (nSPS) is 11.3. The van der Waals surface area contributed by atoms with Crippen LogP contribution in [-0.4, -0.2) is 45.4 Å². The molecule has 2 rings (SSSR count). The van der Waals surface area contributed by atoms with Crippen molar-refractivity contribution in [2.24, 2.45) is 0 Å². The van der Waals surface area contributed by atoms with E-state index in [1.807, 2.05) is 13.2 Å². The van der Waals surface area contributed by atoms with Gasteiger partial charge in [-0.3, -0.25) is 4.90 Å². The molecule has 2 aromatic heterocycles. The molecule has 0 saturated heterocycles. The molecule has 0 aliphatic rings. The standard InChI is InChI=1S/C11H17N5O2/c1-15(7-10-13-9-18-14-10)8-11-12-3-4-16(11)5-6-17-2/h3-4,9H,5-8H2,1-2H3. The van der Waals surface area contributed by atoms with Crippen LogP contribution in [0.25, 0.3) is 0 Å². The quantitative estimate of drug-likeness (QED) is 0.715. The average Bonchev–Trinajstić information content (AvgIpc) is 2.98. The van der Waals surface area contributed by atoms with Crippen molar-refractivity contribution in [1.29, 1.82) is 0 Å². The second-order valence-electron chi connectivity index (χ2n) is 4.05. The first kappa shape index (κ1) is 12.7. The lowest BCUT2D eigenvalue weighted by Crippen LogP contribution is -2.21. The minimum Gasteiger partial charge on any atom is -0.383 e. The maximum absolute atomic E-state index is 5.07. The Labute approximate surface area is 105 Å². The van der Waals surface area contributed by atoms with Gasteiger partial charge in [-0.1, -0.05) is 5.16 Å². The van der Waals surface area contributed by atoms with E-state index in [1.165, 1.54) is 6.39 Å². The van der Waals surface area contributed by atoms with Crippen molar-refractivity contribution in [3.05, 3.63) is 30.4 Å². The van der Waals surface area contributed by atoms with Gasteiger partial charge >= 0.3 is 0 Å². The molecule has 0 fully saturated rings. The van der Waals surface area contributed by atoms with Crippen molar-refractivity contribution in [2.45, 2.75) is 19.6 Å². The van der Waals surface area contributed by atoms with Crippen LogP contribution in [0.3, 0.4) is 0 Å². The molecular formula is C11H17N5O2. The summed E-state index contributed by atoms with van der Waals surface area (Å²) in [4.78, 5) is 10.4. The zero-order valence-corrected chi connectivity index (χ0v) is 10.6.